The van der Waals surface area contributed by atoms with Gasteiger partial charge in [-0.2, -0.15) is 0 Å². The molecular formula is C46H25N3S2. The third kappa shape index (κ3) is 3.71. The number of hydrogen-bond donors (Lipinski definition) is 0. The number of aromatic nitrogens is 3. The quantitative estimate of drug-likeness (QED) is 0.181. The molecule has 0 amide bonds. The van der Waals surface area contributed by atoms with E-state index in [0.717, 1.165) is 63.5 Å². The average molecular weight is 689 g/mol. The van der Waals surface area contributed by atoms with Crippen LogP contribution in [-0.2, 0) is 0 Å². The molecule has 0 bridgehead atoms. The summed E-state index contributed by atoms with van der Waals surface area (Å²) < 4.78 is 49.7. The molecule has 0 aliphatic carbocycles. The van der Waals surface area contributed by atoms with Crippen LogP contribution in [0.5, 0.6) is 0 Å². The highest BCUT2D eigenvalue weighted by Crippen LogP contribution is 2.50. The summed E-state index contributed by atoms with van der Waals surface area (Å²) in [6.45, 7) is 0. The molecule has 0 unspecified atom stereocenters. The van der Waals surface area contributed by atoms with Gasteiger partial charge in [0.1, 0.15) is 16.0 Å². The van der Waals surface area contributed by atoms with Gasteiger partial charge >= 0.3 is 0 Å². The summed E-state index contributed by atoms with van der Waals surface area (Å²) in [6, 6.07) is 40.3. The summed E-state index contributed by atoms with van der Waals surface area (Å²) in [5, 5.41) is 12.2. The van der Waals surface area contributed by atoms with Crippen molar-refractivity contribution in [3.05, 3.63) is 152 Å². The maximum absolute atomic E-state index is 9.19. The molecule has 12 rings (SSSR count). The lowest BCUT2D eigenvalue weighted by Gasteiger charge is -2.13. The second-order valence-corrected chi connectivity index (χ2v) is 14.9. The van der Waals surface area contributed by atoms with Crippen molar-refractivity contribution >= 4 is 117 Å². The topological polar surface area (TPSA) is 30.7 Å². The van der Waals surface area contributed by atoms with Gasteiger partial charge in [-0.15, -0.1) is 22.7 Å². The van der Waals surface area contributed by atoms with E-state index >= 15 is 0 Å². The third-order valence-corrected chi connectivity index (χ3v) is 12.6. The standard InChI is InChI=1S/C46H25N3S2/c1-2-14-28(15-3-1)39-45(47-40-35-25-23-27-13-5-7-17-30(27)43(35)51-46(40)48-39)49-36-21-11-10-20-33(36)37-31-18-8-9-19-32(31)38-34-24-22-26-12-4-6-16-29(26)42(34)50-44(38)41(37)49/h1-25H/i1D,2D,3D,14D,15D. The first-order chi connectivity index (χ1) is 27.4. The summed E-state index contributed by atoms with van der Waals surface area (Å²) in [4.78, 5) is 11.4. The predicted octanol–water partition coefficient (Wildman–Crippen LogP) is 13.4. The van der Waals surface area contributed by atoms with E-state index in [1.807, 2.05) is 24.3 Å². The van der Waals surface area contributed by atoms with Crippen LogP contribution < -0.4 is 0 Å². The molecule has 236 valence electrons. The van der Waals surface area contributed by atoms with Crippen LogP contribution in [0.15, 0.2) is 152 Å². The Morgan fingerprint density at radius 3 is 1.84 bits per heavy atom. The van der Waals surface area contributed by atoms with Crippen LogP contribution in [0.2, 0.25) is 0 Å². The van der Waals surface area contributed by atoms with Gasteiger partial charge in [-0.1, -0.05) is 145 Å². The zero-order valence-corrected chi connectivity index (χ0v) is 28.3. The van der Waals surface area contributed by atoms with E-state index in [2.05, 4.69) is 102 Å². The minimum atomic E-state index is -0.449. The average Bonchev–Trinajstić information content (AvgIpc) is 3.92. The number of nitrogens with zero attached hydrogens (tertiary/aromatic N) is 3. The Bertz CT molecular complexity index is 3700. The molecule has 0 radical (unpaired) electrons. The van der Waals surface area contributed by atoms with E-state index < -0.39 is 18.1 Å². The largest absolute Gasteiger partial charge is 0.290 e. The molecule has 4 aromatic heterocycles. The van der Waals surface area contributed by atoms with Crippen molar-refractivity contribution < 1.29 is 6.85 Å². The van der Waals surface area contributed by atoms with Crippen LogP contribution in [0.3, 0.4) is 0 Å². The van der Waals surface area contributed by atoms with Gasteiger partial charge in [0.2, 0.25) is 0 Å². The molecule has 0 saturated carbocycles. The second-order valence-electron chi connectivity index (χ2n) is 12.9. The first kappa shape index (κ1) is 23.3. The Morgan fingerprint density at radius 2 is 1.10 bits per heavy atom. The first-order valence-corrected chi connectivity index (χ1v) is 18.4. The predicted molar refractivity (Wildman–Crippen MR) is 220 cm³/mol. The number of hydrogen-bond acceptors (Lipinski definition) is 4. The third-order valence-electron chi connectivity index (χ3n) is 10.3. The molecule has 3 nitrogen and oxygen atoms in total. The Morgan fingerprint density at radius 1 is 0.490 bits per heavy atom. The van der Waals surface area contributed by atoms with Crippen LogP contribution in [0.1, 0.15) is 6.85 Å². The summed E-state index contributed by atoms with van der Waals surface area (Å²) in [5.74, 6) is 0.411. The second kappa shape index (κ2) is 10.2. The Balaban J connectivity index is 1.35. The van der Waals surface area contributed by atoms with Crippen LogP contribution in [0.25, 0.3) is 112 Å². The van der Waals surface area contributed by atoms with Crippen LogP contribution in [0.4, 0.5) is 0 Å². The Labute approximate surface area is 306 Å². The highest BCUT2D eigenvalue weighted by atomic mass is 32.1. The Hall–Kier alpha value is -6.14. The van der Waals surface area contributed by atoms with Crippen LogP contribution in [-0.4, -0.2) is 14.5 Å². The SMILES string of the molecule is [2H]c1c([2H])c([2H])c(-c2nc3sc4c5ccccc5ccc4c3nc2-n2c3ccccc3c3c4ccccc4c4c5ccc6ccccc6c5sc4c32)c([2H])c1[2H]. The van der Waals surface area contributed by atoms with E-state index in [-0.39, 0.29) is 23.3 Å². The van der Waals surface area contributed by atoms with Crippen molar-refractivity contribution in [2.45, 2.75) is 0 Å². The van der Waals surface area contributed by atoms with Gasteiger partial charge in [0.25, 0.3) is 0 Å². The van der Waals surface area contributed by atoms with Gasteiger partial charge in [0.15, 0.2) is 5.82 Å². The molecule has 0 saturated heterocycles. The molecule has 12 aromatic rings. The van der Waals surface area contributed by atoms with E-state index in [4.69, 9.17) is 14.1 Å². The molecule has 51 heavy (non-hydrogen) atoms. The van der Waals surface area contributed by atoms with E-state index in [1.165, 1.54) is 32.2 Å². The number of para-hydroxylation sites is 1. The summed E-state index contributed by atoms with van der Waals surface area (Å²) in [6.07, 6.45) is 0. The van der Waals surface area contributed by atoms with Crippen molar-refractivity contribution in [3.63, 3.8) is 0 Å². The molecule has 8 aromatic carbocycles. The number of thiophene rings is 2. The van der Waals surface area contributed by atoms with E-state index in [0.29, 0.717) is 16.2 Å². The molecular weight excluding hydrogens is 659 g/mol. The maximum Gasteiger partial charge on any atom is 0.165 e. The Kier molecular flexibility index (Phi) is 4.66. The summed E-state index contributed by atoms with van der Waals surface area (Å²) in [5.41, 5.74) is 2.79. The van der Waals surface area contributed by atoms with Crippen LogP contribution >= 0.6 is 22.7 Å². The van der Waals surface area contributed by atoms with Crippen molar-refractivity contribution in [1.82, 2.24) is 14.5 Å². The minimum absolute atomic E-state index is 0.0213. The minimum Gasteiger partial charge on any atom is -0.290 e. The lowest BCUT2D eigenvalue weighted by Crippen LogP contribution is -2.03. The van der Waals surface area contributed by atoms with Crippen molar-refractivity contribution in [2.24, 2.45) is 0 Å². The van der Waals surface area contributed by atoms with Crippen molar-refractivity contribution in [3.8, 4) is 17.1 Å². The summed E-state index contributed by atoms with van der Waals surface area (Å²) in [7, 11) is 0. The van der Waals surface area contributed by atoms with Gasteiger partial charge < -0.3 is 0 Å². The molecule has 4 heterocycles. The molecule has 5 heteroatoms. The number of benzene rings is 8. The number of fused-ring (bicyclic) bond motifs is 17. The van der Waals surface area contributed by atoms with E-state index in [9.17, 15) is 2.74 Å². The molecule has 0 spiro atoms. The fraction of sp³-hybridized carbons (Fsp3) is 0. The highest BCUT2D eigenvalue weighted by Gasteiger charge is 2.26. The lowest BCUT2D eigenvalue weighted by atomic mass is 9.98. The van der Waals surface area contributed by atoms with Crippen molar-refractivity contribution in [1.29, 1.82) is 0 Å². The maximum atomic E-state index is 9.19. The molecule has 0 atom stereocenters. The van der Waals surface area contributed by atoms with E-state index in [1.54, 1.807) is 11.3 Å². The smallest absolute Gasteiger partial charge is 0.165 e. The molecule has 0 N–H and O–H groups in total. The zero-order valence-electron chi connectivity index (χ0n) is 31.7. The van der Waals surface area contributed by atoms with Crippen LogP contribution in [0, 0.1) is 0 Å². The van der Waals surface area contributed by atoms with Gasteiger partial charge in [0, 0.05) is 41.9 Å². The number of rotatable bonds is 2. The monoisotopic (exact) mass is 688 g/mol. The highest BCUT2D eigenvalue weighted by molar-refractivity contribution is 7.28. The van der Waals surface area contributed by atoms with Gasteiger partial charge in [-0.25, -0.2) is 9.97 Å². The fourth-order valence-corrected chi connectivity index (χ4v) is 10.7. The normalized spacial score (nSPS) is 13.7. The first-order valence-electron chi connectivity index (χ1n) is 19.3. The summed E-state index contributed by atoms with van der Waals surface area (Å²) >= 11 is 3.27. The van der Waals surface area contributed by atoms with Gasteiger partial charge in [0.05, 0.1) is 22.6 Å². The molecule has 0 aliphatic rings. The van der Waals surface area contributed by atoms with Gasteiger partial charge in [-0.05, 0) is 38.4 Å². The molecule has 0 aliphatic heterocycles. The lowest BCUT2D eigenvalue weighted by molar-refractivity contribution is 1.09. The zero-order chi connectivity index (χ0) is 37.6. The van der Waals surface area contributed by atoms with Gasteiger partial charge in [-0.3, -0.25) is 4.57 Å². The van der Waals surface area contributed by atoms with Crippen molar-refractivity contribution in [2.75, 3.05) is 0 Å². The molecule has 0 fully saturated rings. The fourth-order valence-electron chi connectivity index (χ4n) is 8.11.